The molecule has 6 heteroatoms. The van der Waals surface area contributed by atoms with Gasteiger partial charge in [-0.15, -0.1) is 0 Å². The average molecular weight is 322 g/mol. The van der Waals surface area contributed by atoms with Gasteiger partial charge in [0.1, 0.15) is 0 Å². The third kappa shape index (κ3) is 2.72. The predicted molar refractivity (Wildman–Crippen MR) is 79.2 cm³/mol. The van der Waals surface area contributed by atoms with E-state index in [2.05, 4.69) is 0 Å². The summed E-state index contributed by atoms with van der Waals surface area (Å²) in [7, 11) is 0. The van der Waals surface area contributed by atoms with Gasteiger partial charge in [-0.05, 0) is 36.4 Å². The normalized spacial score (nSPS) is 11.3. The van der Waals surface area contributed by atoms with Crippen LogP contribution in [0.15, 0.2) is 54.9 Å². The molecule has 112 valence electrons. The number of carbonyl (C=O) groups is 1. The Morgan fingerprint density at radius 3 is 2.50 bits per heavy atom. The Morgan fingerprint density at radius 2 is 1.82 bits per heavy atom. The van der Waals surface area contributed by atoms with Gasteiger partial charge in [0.05, 0.1) is 0 Å². The van der Waals surface area contributed by atoms with Crippen LogP contribution in [0.25, 0.3) is 11.0 Å². The first kappa shape index (κ1) is 14.7. The minimum absolute atomic E-state index is 0.0120. The topological polar surface area (TPSA) is 25.9 Å². The van der Waals surface area contributed by atoms with Gasteiger partial charge >= 0.3 is 6.55 Å². The van der Waals surface area contributed by atoms with Gasteiger partial charge in [-0.2, -0.15) is 13.3 Å². The summed E-state index contributed by atoms with van der Waals surface area (Å²) in [6.07, 6.45) is 1.27. The molecule has 0 fully saturated rings. The number of hydrogen-bond donors (Lipinski definition) is 0. The monoisotopic (exact) mass is 321 g/mol. The highest BCUT2D eigenvalue weighted by atomic mass is 35.5. The SMILES string of the molecule is O=C(C[n+]1cn(C(F)F)c2ccccc21)c1ccc(Cl)cc1. The van der Waals surface area contributed by atoms with E-state index in [9.17, 15) is 13.6 Å². The molecule has 1 aromatic heterocycles. The fourth-order valence-electron chi connectivity index (χ4n) is 2.36. The molecule has 2 aromatic carbocycles. The minimum Gasteiger partial charge on any atom is -0.290 e. The molecular weight excluding hydrogens is 310 g/mol. The average Bonchev–Trinajstić information content (AvgIpc) is 2.87. The lowest BCUT2D eigenvalue weighted by Gasteiger charge is -1.99. The minimum atomic E-state index is -2.66. The second-order valence-corrected chi connectivity index (χ2v) is 5.28. The molecule has 0 N–H and O–H groups in total. The molecule has 3 rings (SSSR count). The highest BCUT2D eigenvalue weighted by molar-refractivity contribution is 6.30. The van der Waals surface area contributed by atoms with Crippen molar-refractivity contribution in [1.29, 1.82) is 0 Å². The number of carbonyl (C=O) groups excluding carboxylic acids is 1. The quantitative estimate of drug-likeness (QED) is 0.529. The molecule has 0 amide bonds. The zero-order chi connectivity index (χ0) is 15.7. The molecule has 3 nitrogen and oxygen atoms in total. The Morgan fingerprint density at radius 1 is 1.14 bits per heavy atom. The van der Waals surface area contributed by atoms with E-state index < -0.39 is 6.55 Å². The van der Waals surface area contributed by atoms with E-state index in [1.54, 1.807) is 48.5 Å². The van der Waals surface area contributed by atoms with Gasteiger partial charge in [0.15, 0.2) is 17.6 Å². The fraction of sp³-hybridized carbons (Fsp3) is 0.125. The molecule has 0 aliphatic carbocycles. The summed E-state index contributed by atoms with van der Waals surface area (Å²) in [6, 6.07) is 13.3. The maximum atomic E-state index is 13.1. The first-order chi connectivity index (χ1) is 10.6. The van der Waals surface area contributed by atoms with Crippen molar-refractivity contribution in [3.8, 4) is 0 Å². The Kier molecular flexibility index (Phi) is 3.90. The van der Waals surface area contributed by atoms with Gasteiger partial charge in [0.25, 0.3) is 0 Å². The third-order valence-corrected chi connectivity index (χ3v) is 3.68. The number of rotatable bonds is 4. The van der Waals surface area contributed by atoms with Crippen LogP contribution in [0.1, 0.15) is 16.9 Å². The Bertz CT molecular complexity index is 828. The maximum absolute atomic E-state index is 13.1. The van der Waals surface area contributed by atoms with Crippen LogP contribution in [0.2, 0.25) is 5.02 Å². The maximum Gasteiger partial charge on any atom is 0.387 e. The molecule has 0 saturated carbocycles. The number of alkyl halides is 2. The summed E-state index contributed by atoms with van der Waals surface area (Å²) in [6.45, 7) is -2.67. The second kappa shape index (κ2) is 5.85. The summed E-state index contributed by atoms with van der Waals surface area (Å²) < 4.78 is 28.5. The van der Waals surface area contributed by atoms with Gasteiger partial charge in [0.2, 0.25) is 12.1 Å². The smallest absolute Gasteiger partial charge is 0.290 e. The molecule has 0 unspecified atom stereocenters. The molecule has 0 aliphatic rings. The second-order valence-electron chi connectivity index (χ2n) is 4.85. The van der Waals surface area contributed by atoms with Crippen LogP contribution in [-0.4, -0.2) is 10.4 Å². The number of ketones is 1. The van der Waals surface area contributed by atoms with E-state index >= 15 is 0 Å². The van der Waals surface area contributed by atoms with Gasteiger partial charge in [-0.1, -0.05) is 23.7 Å². The van der Waals surface area contributed by atoms with Gasteiger partial charge in [-0.3, -0.25) is 4.79 Å². The predicted octanol–water partition coefficient (Wildman–Crippen LogP) is 3.86. The number of nitrogens with zero attached hydrogens (tertiary/aromatic N) is 2. The summed E-state index contributed by atoms with van der Waals surface area (Å²) in [4.78, 5) is 12.3. The number of hydrogen-bond acceptors (Lipinski definition) is 1. The largest absolute Gasteiger partial charge is 0.387 e. The lowest BCUT2D eigenvalue weighted by Crippen LogP contribution is -2.36. The first-order valence-corrected chi connectivity index (χ1v) is 7.00. The van der Waals surface area contributed by atoms with Crippen LogP contribution >= 0.6 is 11.6 Å². The highest BCUT2D eigenvalue weighted by Gasteiger charge is 2.23. The number of para-hydroxylation sites is 2. The lowest BCUT2D eigenvalue weighted by atomic mass is 10.1. The summed E-state index contributed by atoms with van der Waals surface area (Å²) >= 11 is 5.79. The zero-order valence-corrected chi connectivity index (χ0v) is 12.2. The Labute approximate surface area is 130 Å². The molecule has 1 heterocycles. The van der Waals surface area contributed by atoms with Gasteiger partial charge in [0, 0.05) is 10.6 Å². The number of halogens is 3. The van der Waals surface area contributed by atoms with Crippen LogP contribution in [0, 0.1) is 0 Å². The van der Waals surface area contributed by atoms with Crippen molar-refractivity contribution < 1.29 is 18.1 Å². The number of benzene rings is 2. The van der Waals surface area contributed by atoms with E-state index in [1.807, 2.05) is 0 Å². The van der Waals surface area contributed by atoms with Crippen molar-refractivity contribution in [2.75, 3.05) is 0 Å². The van der Waals surface area contributed by atoms with Crippen LogP contribution in [0.5, 0.6) is 0 Å². The zero-order valence-electron chi connectivity index (χ0n) is 11.4. The van der Waals surface area contributed by atoms with E-state index in [1.165, 1.54) is 10.9 Å². The van der Waals surface area contributed by atoms with Crippen molar-refractivity contribution >= 4 is 28.4 Å². The lowest BCUT2D eigenvalue weighted by molar-refractivity contribution is -0.658. The molecule has 22 heavy (non-hydrogen) atoms. The summed E-state index contributed by atoms with van der Waals surface area (Å²) in [5.41, 5.74) is 1.47. The molecule has 0 aliphatic heterocycles. The Hall–Kier alpha value is -2.27. The van der Waals surface area contributed by atoms with Crippen LogP contribution < -0.4 is 4.57 Å². The molecule has 0 radical (unpaired) electrons. The van der Waals surface area contributed by atoms with E-state index in [0.717, 1.165) is 4.57 Å². The number of Topliss-reactive ketones (excluding diaryl/α,β-unsaturated/α-hetero) is 1. The van der Waals surface area contributed by atoms with Crippen molar-refractivity contribution in [3.63, 3.8) is 0 Å². The van der Waals surface area contributed by atoms with Crippen LogP contribution in [-0.2, 0) is 6.54 Å². The first-order valence-electron chi connectivity index (χ1n) is 6.62. The van der Waals surface area contributed by atoms with Crippen molar-refractivity contribution in [3.05, 3.63) is 65.4 Å². The van der Waals surface area contributed by atoms with Gasteiger partial charge < -0.3 is 0 Å². The molecule has 0 atom stereocenters. The Balaban J connectivity index is 1.97. The summed E-state index contributed by atoms with van der Waals surface area (Å²) in [5.74, 6) is -0.168. The highest BCUT2D eigenvalue weighted by Crippen LogP contribution is 2.18. The number of imidazole rings is 1. The third-order valence-electron chi connectivity index (χ3n) is 3.42. The standard InChI is InChI=1S/C16H12ClF2N2O/c17-12-7-5-11(6-8-12)15(22)9-20-10-21(16(18)19)14-4-2-1-3-13(14)20/h1-8,10,16H,9H2/q+1. The molecule has 0 bridgehead atoms. The molecule has 0 saturated heterocycles. The van der Waals surface area contributed by atoms with Crippen molar-refractivity contribution in [2.45, 2.75) is 13.1 Å². The van der Waals surface area contributed by atoms with Crippen LogP contribution in [0.4, 0.5) is 8.78 Å². The molecule has 3 aromatic rings. The molecule has 0 spiro atoms. The molecular formula is C16H12ClF2N2O+. The number of aromatic nitrogens is 2. The number of fused-ring (bicyclic) bond motifs is 1. The van der Waals surface area contributed by atoms with Crippen molar-refractivity contribution in [2.24, 2.45) is 0 Å². The van der Waals surface area contributed by atoms with Crippen LogP contribution in [0.3, 0.4) is 0 Å². The van der Waals surface area contributed by atoms with E-state index in [-0.39, 0.29) is 12.3 Å². The fourth-order valence-corrected chi connectivity index (χ4v) is 2.49. The van der Waals surface area contributed by atoms with Crippen molar-refractivity contribution in [1.82, 2.24) is 4.57 Å². The van der Waals surface area contributed by atoms with Gasteiger partial charge in [-0.25, -0.2) is 4.57 Å². The van der Waals surface area contributed by atoms with E-state index in [0.29, 0.717) is 21.6 Å². The summed E-state index contributed by atoms with van der Waals surface area (Å²) in [5, 5.41) is 0.540. The van der Waals surface area contributed by atoms with E-state index in [4.69, 9.17) is 11.6 Å².